The lowest BCUT2D eigenvalue weighted by Crippen LogP contribution is -2.25. The lowest BCUT2D eigenvalue weighted by Gasteiger charge is -2.14. The molecule has 4 aromatic rings. The average molecular weight is 421 g/mol. The smallest absolute Gasteiger partial charge is 0.286 e. The van der Waals surface area contributed by atoms with Crippen molar-refractivity contribution in [2.75, 3.05) is 0 Å². The van der Waals surface area contributed by atoms with Crippen LogP contribution in [0.2, 0.25) is 10.0 Å². The summed E-state index contributed by atoms with van der Waals surface area (Å²) in [7, 11) is 1.71. The first kappa shape index (κ1) is 18.6. The maximum absolute atomic E-state index is 13.8. The zero-order valence-corrected chi connectivity index (χ0v) is 16.0. The second-order valence-electron chi connectivity index (χ2n) is 6.21. The Kier molecular flexibility index (Phi) is 4.64. The van der Waals surface area contributed by atoms with Crippen LogP contribution in [0.5, 0.6) is 0 Å². The minimum absolute atomic E-state index is 0.123. The number of nitrogens with zero attached hydrogens (tertiary/aromatic N) is 4. The highest BCUT2D eigenvalue weighted by Crippen LogP contribution is 2.24. The largest absolute Gasteiger partial charge is 0.318 e. The monoisotopic (exact) mass is 420 g/mol. The Hall–Kier alpha value is -2.77. The molecule has 4 rings (SSSR count). The predicted octanol–water partition coefficient (Wildman–Crippen LogP) is 4.30. The second-order valence-corrected chi connectivity index (χ2v) is 7.05. The number of imidazole rings is 1. The van der Waals surface area contributed by atoms with Crippen LogP contribution in [0.1, 0.15) is 11.4 Å². The van der Waals surface area contributed by atoms with Crippen molar-refractivity contribution in [1.82, 2.24) is 19.1 Å². The number of hydrogen-bond acceptors (Lipinski definition) is 3. The fourth-order valence-corrected chi connectivity index (χ4v) is 3.42. The molecule has 5 nitrogen and oxygen atoms in total. The summed E-state index contributed by atoms with van der Waals surface area (Å²) in [5.74, 6) is -1.77. The molecule has 0 atom stereocenters. The van der Waals surface area contributed by atoms with Crippen molar-refractivity contribution in [3.63, 3.8) is 0 Å². The van der Waals surface area contributed by atoms with Gasteiger partial charge in [-0.3, -0.25) is 9.36 Å². The van der Waals surface area contributed by atoms with Crippen LogP contribution in [-0.2, 0) is 13.5 Å². The van der Waals surface area contributed by atoms with E-state index >= 15 is 0 Å². The van der Waals surface area contributed by atoms with Gasteiger partial charge in [0.05, 0.1) is 12.0 Å². The molecule has 0 saturated heterocycles. The predicted molar refractivity (Wildman–Crippen MR) is 103 cm³/mol. The molecule has 0 aliphatic rings. The van der Waals surface area contributed by atoms with Gasteiger partial charge in [-0.05, 0) is 29.8 Å². The van der Waals surface area contributed by atoms with Gasteiger partial charge in [0.2, 0.25) is 0 Å². The Bertz CT molecular complexity index is 1280. The molecule has 0 radical (unpaired) electrons. The number of fused-ring (bicyclic) bond motifs is 1. The fourth-order valence-electron chi connectivity index (χ4n) is 2.95. The molecule has 142 valence electrons. The van der Waals surface area contributed by atoms with Gasteiger partial charge >= 0.3 is 0 Å². The summed E-state index contributed by atoms with van der Waals surface area (Å²) >= 11 is 12.2. The summed E-state index contributed by atoms with van der Waals surface area (Å²) in [6, 6.07) is 8.19. The molecule has 9 heteroatoms. The molecular weight excluding hydrogens is 409 g/mol. The lowest BCUT2D eigenvalue weighted by atomic mass is 10.1. The summed E-state index contributed by atoms with van der Waals surface area (Å²) in [5.41, 5.74) is 0.832. The van der Waals surface area contributed by atoms with Crippen LogP contribution in [0, 0.1) is 11.6 Å². The van der Waals surface area contributed by atoms with Crippen molar-refractivity contribution >= 4 is 34.4 Å². The van der Waals surface area contributed by atoms with Crippen molar-refractivity contribution < 1.29 is 8.78 Å². The van der Waals surface area contributed by atoms with Crippen LogP contribution < -0.4 is 5.56 Å². The van der Waals surface area contributed by atoms with Crippen LogP contribution in [-0.4, -0.2) is 19.1 Å². The van der Waals surface area contributed by atoms with E-state index in [2.05, 4.69) is 9.97 Å². The number of aromatic nitrogens is 4. The summed E-state index contributed by atoms with van der Waals surface area (Å²) in [6.07, 6.45) is 1.64. The van der Waals surface area contributed by atoms with Crippen LogP contribution in [0.15, 0.2) is 47.5 Å². The number of benzene rings is 2. The molecule has 2 aromatic heterocycles. The third-order valence-electron chi connectivity index (χ3n) is 4.33. The molecule has 0 saturated carbocycles. The zero-order valence-electron chi connectivity index (χ0n) is 14.5. The third kappa shape index (κ3) is 3.16. The molecule has 28 heavy (non-hydrogen) atoms. The van der Waals surface area contributed by atoms with Gasteiger partial charge in [0.1, 0.15) is 5.82 Å². The van der Waals surface area contributed by atoms with Crippen LogP contribution in [0.4, 0.5) is 8.78 Å². The molecular formula is C19H12Cl2F2N4O. The van der Waals surface area contributed by atoms with Crippen molar-refractivity contribution in [3.05, 3.63) is 86.1 Å². The van der Waals surface area contributed by atoms with E-state index in [-0.39, 0.29) is 17.6 Å². The maximum atomic E-state index is 13.8. The summed E-state index contributed by atoms with van der Waals surface area (Å²) in [6.45, 7) is 0. The van der Waals surface area contributed by atoms with Gasteiger partial charge in [-0.2, -0.15) is 0 Å². The van der Waals surface area contributed by atoms with Crippen molar-refractivity contribution in [1.29, 1.82) is 0 Å². The minimum atomic E-state index is -1.07. The number of hydrogen-bond donors (Lipinski definition) is 0. The summed E-state index contributed by atoms with van der Waals surface area (Å²) in [5, 5.41) is 0.880. The molecule has 2 heterocycles. The van der Waals surface area contributed by atoms with E-state index in [0.29, 0.717) is 27.1 Å². The van der Waals surface area contributed by atoms with E-state index in [4.69, 9.17) is 23.2 Å². The Morgan fingerprint density at radius 2 is 1.86 bits per heavy atom. The van der Waals surface area contributed by atoms with E-state index in [1.54, 1.807) is 29.8 Å². The quantitative estimate of drug-likeness (QED) is 0.496. The number of aryl methyl sites for hydroxylation is 1. The lowest BCUT2D eigenvalue weighted by molar-refractivity contribution is 0.507. The van der Waals surface area contributed by atoms with Crippen LogP contribution in [0.3, 0.4) is 0 Å². The fraction of sp³-hybridized carbons (Fsp3) is 0.105. The third-order valence-corrected chi connectivity index (χ3v) is 4.92. The Labute approximate surface area is 167 Å². The van der Waals surface area contributed by atoms with Gasteiger partial charge in [0.25, 0.3) is 5.56 Å². The molecule has 0 amide bonds. The first-order valence-corrected chi connectivity index (χ1v) is 8.93. The maximum Gasteiger partial charge on any atom is 0.286 e. The molecule has 0 aliphatic carbocycles. The molecule has 0 spiro atoms. The first-order chi connectivity index (χ1) is 13.3. The molecule has 0 fully saturated rings. The highest BCUT2D eigenvalue weighted by molar-refractivity contribution is 6.35. The van der Waals surface area contributed by atoms with Gasteiger partial charge in [0, 0.05) is 29.6 Å². The van der Waals surface area contributed by atoms with E-state index < -0.39 is 17.2 Å². The summed E-state index contributed by atoms with van der Waals surface area (Å²) < 4.78 is 30.0. The minimum Gasteiger partial charge on any atom is -0.318 e. The van der Waals surface area contributed by atoms with Crippen LogP contribution >= 0.6 is 23.2 Å². The van der Waals surface area contributed by atoms with Gasteiger partial charge in [0.15, 0.2) is 22.8 Å². The Morgan fingerprint density at radius 3 is 2.57 bits per heavy atom. The molecule has 0 bridgehead atoms. The van der Waals surface area contributed by atoms with E-state index in [0.717, 1.165) is 12.1 Å². The van der Waals surface area contributed by atoms with Crippen molar-refractivity contribution in [2.45, 2.75) is 6.42 Å². The summed E-state index contributed by atoms with van der Waals surface area (Å²) in [4.78, 5) is 21.7. The standard InChI is InChI=1S/C19H12Cl2F2N4O/c1-26-9-24-17-18(26)25-16(6-10-2-3-11(20)7-13(10)21)27(19(17)28)12-4-5-14(22)15(23)8-12/h2-5,7-9H,6H2,1H3. The topological polar surface area (TPSA) is 52.7 Å². The van der Waals surface area contributed by atoms with E-state index in [9.17, 15) is 13.6 Å². The van der Waals surface area contributed by atoms with E-state index in [1.807, 2.05) is 0 Å². The van der Waals surface area contributed by atoms with Crippen molar-refractivity contribution in [3.8, 4) is 5.69 Å². The highest BCUT2D eigenvalue weighted by Gasteiger charge is 2.18. The molecule has 2 aromatic carbocycles. The zero-order chi connectivity index (χ0) is 20.0. The normalized spacial score (nSPS) is 11.3. The average Bonchev–Trinajstić information content (AvgIpc) is 3.02. The number of rotatable bonds is 3. The first-order valence-electron chi connectivity index (χ1n) is 8.17. The van der Waals surface area contributed by atoms with Gasteiger partial charge in [-0.1, -0.05) is 29.3 Å². The molecule has 0 N–H and O–H groups in total. The Balaban J connectivity index is 1.98. The number of halogens is 4. The van der Waals surface area contributed by atoms with E-state index in [1.165, 1.54) is 17.0 Å². The molecule has 0 aliphatic heterocycles. The van der Waals surface area contributed by atoms with Gasteiger partial charge < -0.3 is 4.57 Å². The van der Waals surface area contributed by atoms with Gasteiger partial charge in [-0.15, -0.1) is 0 Å². The van der Waals surface area contributed by atoms with Gasteiger partial charge in [-0.25, -0.2) is 18.7 Å². The highest BCUT2D eigenvalue weighted by atomic mass is 35.5. The van der Waals surface area contributed by atoms with Crippen molar-refractivity contribution in [2.24, 2.45) is 7.05 Å². The SMILES string of the molecule is Cn1cnc2c(=O)n(-c3ccc(F)c(F)c3)c(Cc3ccc(Cl)cc3Cl)nc21. The van der Waals surface area contributed by atoms with Crippen LogP contribution in [0.25, 0.3) is 16.9 Å². The molecule has 0 unspecified atom stereocenters. The Morgan fingerprint density at radius 1 is 1.07 bits per heavy atom. The second kappa shape index (κ2) is 7.00.